The van der Waals surface area contributed by atoms with Gasteiger partial charge in [-0.1, -0.05) is 27.2 Å². The third-order valence-corrected chi connectivity index (χ3v) is 4.67. The van der Waals surface area contributed by atoms with Crippen LogP contribution in [0.3, 0.4) is 0 Å². The van der Waals surface area contributed by atoms with E-state index in [1.54, 1.807) is 0 Å². The van der Waals surface area contributed by atoms with Crippen LogP contribution < -0.4 is 11.1 Å². The molecule has 1 rings (SSSR count). The standard InChI is InChI=1S/C14H28N2OS/c1-4-18-12-7-5-6-11(9-12)16-14(17)13(15)8-10(2)3/h10-13H,4-9,15H2,1-3H3,(H,16,17)/t11?,12?,13-/m0/s1. The Hall–Kier alpha value is -0.220. The molecule has 0 spiro atoms. The van der Waals surface area contributed by atoms with Gasteiger partial charge in [0, 0.05) is 11.3 Å². The quantitative estimate of drug-likeness (QED) is 0.781. The molecule has 3 nitrogen and oxygen atoms in total. The van der Waals surface area contributed by atoms with Crippen LogP contribution in [0, 0.1) is 5.92 Å². The van der Waals surface area contributed by atoms with Crippen LogP contribution in [-0.4, -0.2) is 29.0 Å². The number of nitrogens with one attached hydrogen (secondary N) is 1. The molecule has 3 N–H and O–H groups in total. The number of hydrogen-bond acceptors (Lipinski definition) is 3. The smallest absolute Gasteiger partial charge is 0.237 e. The van der Waals surface area contributed by atoms with E-state index in [1.165, 1.54) is 12.8 Å². The Bertz CT molecular complexity index is 256. The van der Waals surface area contributed by atoms with Gasteiger partial charge < -0.3 is 11.1 Å². The van der Waals surface area contributed by atoms with Crippen LogP contribution in [0.4, 0.5) is 0 Å². The van der Waals surface area contributed by atoms with Crippen LogP contribution in [0.5, 0.6) is 0 Å². The first-order valence-electron chi connectivity index (χ1n) is 7.20. The van der Waals surface area contributed by atoms with Crippen LogP contribution in [-0.2, 0) is 4.79 Å². The summed E-state index contributed by atoms with van der Waals surface area (Å²) in [5, 5.41) is 3.85. The summed E-state index contributed by atoms with van der Waals surface area (Å²) in [5.41, 5.74) is 5.91. The molecule has 1 saturated carbocycles. The molecular formula is C14H28N2OS. The first-order chi connectivity index (χ1) is 8.52. The van der Waals surface area contributed by atoms with E-state index in [4.69, 9.17) is 5.73 Å². The van der Waals surface area contributed by atoms with E-state index in [0.29, 0.717) is 12.0 Å². The lowest BCUT2D eigenvalue weighted by Crippen LogP contribution is -2.47. The van der Waals surface area contributed by atoms with Gasteiger partial charge in [0.1, 0.15) is 0 Å². The zero-order chi connectivity index (χ0) is 13.5. The van der Waals surface area contributed by atoms with Crippen LogP contribution >= 0.6 is 11.8 Å². The maximum Gasteiger partial charge on any atom is 0.237 e. The van der Waals surface area contributed by atoms with E-state index in [9.17, 15) is 4.79 Å². The fraction of sp³-hybridized carbons (Fsp3) is 0.929. The molecule has 0 aromatic heterocycles. The summed E-state index contributed by atoms with van der Waals surface area (Å²) in [6.45, 7) is 6.40. The van der Waals surface area contributed by atoms with Crippen LogP contribution in [0.25, 0.3) is 0 Å². The van der Waals surface area contributed by atoms with Crippen molar-refractivity contribution in [3.05, 3.63) is 0 Å². The van der Waals surface area contributed by atoms with Crippen molar-refractivity contribution in [2.45, 2.75) is 70.2 Å². The van der Waals surface area contributed by atoms with Crippen molar-refractivity contribution in [2.75, 3.05) is 5.75 Å². The van der Waals surface area contributed by atoms with E-state index in [0.717, 1.165) is 30.3 Å². The molecular weight excluding hydrogens is 244 g/mol. The molecule has 0 aromatic rings. The summed E-state index contributed by atoms with van der Waals surface area (Å²) >= 11 is 2.02. The summed E-state index contributed by atoms with van der Waals surface area (Å²) < 4.78 is 0. The average molecular weight is 272 g/mol. The Kier molecular flexibility index (Phi) is 7.08. The van der Waals surface area contributed by atoms with Gasteiger partial charge in [0.25, 0.3) is 0 Å². The minimum atomic E-state index is -0.343. The van der Waals surface area contributed by atoms with Gasteiger partial charge >= 0.3 is 0 Å². The van der Waals surface area contributed by atoms with Gasteiger partial charge in [-0.2, -0.15) is 11.8 Å². The molecule has 1 aliphatic rings. The number of carbonyl (C=O) groups excluding carboxylic acids is 1. The highest BCUT2D eigenvalue weighted by Crippen LogP contribution is 2.28. The zero-order valence-electron chi connectivity index (χ0n) is 11.9. The lowest BCUT2D eigenvalue weighted by molar-refractivity contribution is -0.123. The zero-order valence-corrected chi connectivity index (χ0v) is 12.8. The molecule has 18 heavy (non-hydrogen) atoms. The van der Waals surface area contributed by atoms with Crippen molar-refractivity contribution in [3.63, 3.8) is 0 Å². The summed E-state index contributed by atoms with van der Waals surface area (Å²) in [4.78, 5) is 12.0. The van der Waals surface area contributed by atoms with Gasteiger partial charge in [-0.05, 0) is 37.4 Å². The highest BCUT2D eigenvalue weighted by Gasteiger charge is 2.25. The maximum atomic E-state index is 12.0. The molecule has 2 unspecified atom stereocenters. The number of hydrogen-bond donors (Lipinski definition) is 2. The lowest BCUT2D eigenvalue weighted by Gasteiger charge is -2.30. The molecule has 1 aliphatic carbocycles. The van der Waals surface area contributed by atoms with Crippen molar-refractivity contribution >= 4 is 17.7 Å². The van der Waals surface area contributed by atoms with Gasteiger partial charge in [-0.25, -0.2) is 0 Å². The van der Waals surface area contributed by atoms with Gasteiger partial charge in [-0.3, -0.25) is 4.79 Å². The highest BCUT2D eigenvalue weighted by molar-refractivity contribution is 7.99. The van der Waals surface area contributed by atoms with Crippen LogP contribution in [0.2, 0.25) is 0 Å². The summed E-state index contributed by atoms with van der Waals surface area (Å²) in [6, 6.07) is -0.00211. The second-order valence-electron chi connectivity index (χ2n) is 5.69. The van der Waals surface area contributed by atoms with Crippen molar-refractivity contribution in [3.8, 4) is 0 Å². The molecule has 4 heteroatoms. The van der Waals surface area contributed by atoms with Crippen molar-refractivity contribution in [2.24, 2.45) is 11.7 Å². The normalized spacial score (nSPS) is 26.1. The molecule has 3 atom stereocenters. The Morgan fingerprint density at radius 2 is 2.17 bits per heavy atom. The molecule has 0 saturated heterocycles. The predicted molar refractivity (Wildman–Crippen MR) is 79.7 cm³/mol. The Morgan fingerprint density at radius 3 is 2.78 bits per heavy atom. The highest BCUT2D eigenvalue weighted by atomic mass is 32.2. The van der Waals surface area contributed by atoms with Gasteiger partial charge in [0.05, 0.1) is 6.04 Å². The van der Waals surface area contributed by atoms with E-state index in [-0.39, 0.29) is 11.9 Å². The third-order valence-electron chi connectivity index (χ3n) is 3.44. The van der Waals surface area contributed by atoms with E-state index >= 15 is 0 Å². The molecule has 106 valence electrons. The SMILES string of the molecule is CCSC1CCCC(NC(=O)[C@@H](N)CC(C)C)C1. The minimum Gasteiger partial charge on any atom is -0.352 e. The molecule has 0 heterocycles. The molecule has 1 fully saturated rings. The van der Waals surface area contributed by atoms with Gasteiger partial charge in [0.2, 0.25) is 5.91 Å². The summed E-state index contributed by atoms with van der Waals surface area (Å²) in [7, 11) is 0. The first kappa shape index (κ1) is 15.8. The fourth-order valence-electron chi connectivity index (χ4n) is 2.59. The third kappa shape index (κ3) is 5.61. The van der Waals surface area contributed by atoms with Crippen molar-refractivity contribution in [1.29, 1.82) is 0 Å². The molecule has 1 amide bonds. The Labute approximate surface area is 116 Å². The maximum absolute atomic E-state index is 12.0. The van der Waals surface area contributed by atoms with Crippen molar-refractivity contribution in [1.82, 2.24) is 5.32 Å². The fourth-order valence-corrected chi connectivity index (χ4v) is 3.76. The summed E-state index contributed by atoms with van der Waals surface area (Å²) in [6.07, 6.45) is 5.51. The van der Waals surface area contributed by atoms with E-state index in [1.807, 2.05) is 11.8 Å². The second-order valence-corrected chi connectivity index (χ2v) is 7.26. The molecule has 0 radical (unpaired) electrons. The van der Waals surface area contributed by atoms with Crippen molar-refractivity contribution < 1.29 is 4.79 Å². The Balaban J connectivity index is 2.34. The Morgan fingerprint density at radius 1 is 1.44 bits per heavy atom. The number of thioether (sulfide) groups is 1. The first-order valence-corrected chi connectivity index (χ1v) is 8.25. The largest absolute Gasteiger partial charge is 0.352 e. The molecule has 0 bridgehead atoms. The van der Waals surface area contributed by atoms with Gasteiger partial charge in [-0.15, -0.1) is 0 Å². The number of amides is 1. The number of carbonyl (C=O) groups is 1. The monoisotopic (exact) mass is 272 g/mol. The molecule has 0 aliphatic heterocycles. The van der Waals surface area contributed by atoms with Crippen LogP contribution in [0.15, 0.2) is 0 Å². The topological polar surface area (TPSA) is 55.1 Å². The van der Waals surface area contributed by atoms with E-state index in [2.05, 4.69) is 26.1 Å². The van der Waals surface area contributed by atoms with Gasteiger partial charge in [0.15, 0.2) is 0 Å². The minimum absolute atomic E-state index is 0.0378. The molecule has 0 aromatic carbocycles. The lowest BCUT2D eigenvalue weighted by atomic mass is 9.94. The second kappa shape index (κ2) is 8.05. The van der Waals surface area contributed by atoms with E-state index < -0.39 is 0 Å². The predicted octanol–water partition coefficient (Wildman–Crippen LogP) is 2.54. The number of rotatable bonds is 6. The summed E-state index contributed by atoms with van der Waals surface area (Å²) in [5.74, 6) is 1.68. The number of nitrogens with two attached hydrogens (primary N) is 1. The van der Waals surface area contributed by atoms with Crippen LogP contribution in [0.1, 0.15) is 52.9 Å². The average Bonchev–Trinajstić information content (AvgIpc) is 2.29.